The molecule has 2 N–H and O–H groups in total. The van der Waals surface area contributed by atoms with Crippen molar-refractivity contribution in [3.63, 3.8) is 0 Å². The molecule has 0 bridgehead atoms. The molecule has 3 rings (SSSR count). The first kappa shape index (κ1) is 17.7. The Bertz CT molecular complexity index is 872. The maximum atomic E-state index is 12.3. The van der Waals surface area contributed by atoms with Crippen molar-refractivity contribution >= 4 is 34.5 Å². The Hall–Kier alpha value is -3.12. The third kappa shape index (κ3) is 4.70. The molecule has 2 amide bonds. The van der Waals surface area contributed by atoms with E-state index in [0.29, 0.717) is 23.4 Å². The normalized spacial score (nSPS) is 10.2. The largest absolute Gasteiger partial charge is 0.497 e. The molecule has 0 aliphatic heterocycles. The average Bonchev–Trinajstić information content (AvgIpc) is 3.15. The van der Waals surface area contributed by atoms with Crippen LogP contribution in [-0.2, 0) is 11.2 Å². The van der Waals surface area contributed by atoms with Crippen LogP contribution in [-0.4, -0.2) is 18.9 Å². The molecule has 0 spiro atoms. The molecule has 0 fully saturated rings. The predicted octanol–water partition coefficient (Wildman–Crippen LogP) is 4.19. The number of rotatable bonds is 6. The average molecular weight is 366 g/mol. The zero-order valence-corrected chi connectivity index (χ0v) is 15.0. The molecule has 1 aromatic heterocycles. The lowest BCUT2D eigenvalue weighted by molar-refractivity contribution is -0.115. The minimum absolute atomic E-state index is 0.0844. The van der Waals surface area contributed by atoms with Crippen LogP contribution in [0.4, 0.5) is 11.4 Å². The molecule has 3 aromatic rings. The Labute approximate surface area is 155 Å². The van der Waals surface area contributed by atoms with Crippen LogP contribution in [0.25, 0.3) is 0 Å². The minimum atomic E-state index is -0.216. The zero-order valence-electron chi connectivity index (χ0n) is 14.2. The number of hydrogen-bond acceptors (Lipinski definition) is 4. The predicted molar refractivity (Wildman–Crippen MR) is 104 cm³/mol. The molecule has 0 unspecified atom stereocenters. The molecule has 1 heterocycles. The van der Waals surface area contributed by atoms with Crippen LogP contribution in [0.15, 0.2) is 65.4 Å². The van der Waals surface area contributed by atoms with E-state index in [1.54, 1.807) is 67.0 Å². The summed E-state index contributed by atoms with van der Waals surface area (Å²) in [5.41, 5.74) is 2.84. The lowest BCUT2D eigenvalue weighted by Crippen LogP contribution is -2.15. The van der Waals surface area contributed by atoms with Gasteiger partial charge in [-0.2, -0.15) is 11.3 Å². The van der Waals surface area contributed by atoms with Crippen molar-refractivity contribution in [2.24, 2.45) is 0 Å². The van der Waals surface area contributed by atoms with E-state index in [9.17, 15) is 9.59 Å². The molecule has 0 saturated heterocycles. The fourth-order valence-corrected chi connectivity index (χ4v) is 3.03. The van der Waals surface area contributed by atoms with E-state index < -0.39 is 0 Å². The van der Waals surface area contributed by atoms with Gasteiger partial charge in [-0.15, -0.1) is 0 Å². The summed E-state index contributed by atoms with van der Waals surface area (Å²) in [6, 6.07) is 15.8. The fraction of sp³-hybridized carbons (Fsp3) is 0.100. The Balaban J connectivity index is 1.57. The SMILES string of the molecule is COc1ccc(NC(=O)c2ccc(NC(=O)Cc3ccsc3)cc2)cc1. The second-order valence-corrected chi connectivity index (χ2v) is 6.40. The number of carbonyl (C=O) groups is 2. The summed E-state index contributed by atoms with van der Waals surface area (Å²) in [6.07, 6.45) is 0.337. The smallest absolute Gasteiger partial charge is 0.255 e. The number of ether oxygens (including phenoxy) is 1. The lowest BCUT2D eigenvalue weighted by atomic mass is 10.1. The number of thiophene rings is 1. The number of methoxy groups -OCH3 is 1. The Morgan fingerprint density at radius 1 is 0.923 bits per heavy atom. The van der Waals surface area contributed by atoms with Crippen molar-refractivity contribution < 1.29 is 14.3 Å². The van der Waals surface area contributed by atoms with Crippen LogP contribution >= 0.6 is 11.3 Å². The molecule has 6 heteroatoms. The molecule has 0 saturated carbocycles. The summed E-state index contributed by atoms with van der Waals surface area (Å²) in [7, 11) is 1.59. The summed E-state index contributed by atoms with van der Waals surface area (Å²) in [6.45, 7) is 0. The van der Waals surface area contributed by atoms with Crippen LogP contribution in [0.3, 0.4) is 0 Å². The van der Waals surface area contributed by atoms with Crippen LogP contribution in [0.5, 0.6) is 5.75 Å². The molecular weight excluding hydrogens is 348 g/mol. The van der Waals surface area contributed by atoms with E-state index in [4.69, 9.17) is 4.74 Å². The summed E-state index contributed by atoms with van der Waals surface area (Å²) < 4.78 is 5.09. The molecule has 132 valence electrons. The molecule has 5 nitrogen and oxygen atoms in total. The second kappa shape index (κ2) is 8.31. The number of nitrogens with one attached hydrogen (secondary N) is 2. The van der Waals surface area contributed by atoms with Crippen molar-refractivity contribution in [2.45, 2.75) is 6.42 Å². The van der Waals surface area contributed by atoms with E-state index >= 15 is 0 Å². The number of hydrogen-bond donors (Lipinski definition) is 2. The van der Waals surface area contributed by atoms with Crippen molar-refractivity contribution in [3.8, 4) is 5.75 Å². The highest BCUT2D eigenvalue weighted by atomic mass is 32.1. The van der Waals surface area contributed by atoms with Gasteiger partial charge in [0.2, 0.25) is 5.91 Å². The first-order valence-corrected chi connectivity index (χ1v) is 8.95. The molecule has 0 aliphatic carbocycles. The number of carbonyl (C=O) groups excluding carboxylic acids is 2. The van der Waals surface area contributed by atoms with Gasteiger partial charge in [0.1, 0.15) is 5.75 Å². The molecular formula is C20H18N2O3S. The monoisotopic (exact) mass is 366 g/mol. The molecule has 2 aromatic carbocycles. The van der Waals surface area contributed by atoms with Gasteiger partial charge in [0.25, 0.3) is 5.91 Å². The van der Waals surface area contributed by atoms with Gasteiger partial charge in [0.15, 0.2) is 0 Å². The first-order valence-electron chi connectivity index (χ1n) is 8.00. The van der Waals surface area contributed by atoms with Crippen molar-refractivity contribution in [1.82, 2.24) is 0 Å². The van der Waals surface area contributed by atoms with Crippen molar-refractivity contribution in [2.75, 3.05) is 17.7 Å². The van der Waals surface area contributed by atoms with Gasteiger partial charge in [-0.25, -0.2) is 0 Å². The van der Waals surface area contributed by atoms with Gasteiger partial charge in [0, 0.05) is 16.9 Å². The van der Waals surface area contributed by atoms with E-state index in [-0.39, 0.29) is 11.8 Å². The summed E-state index contributed by atoms with van der Waals surface area (Å²) in [5.74, 6) is 0.427. The van der Waals surface area contributed by atoms with Crippen molar-refractivity contribution in [1.29, 1.82) is 0 Å². The van der Waals surface area contributed by atoms with Crippen molar-refractivity contribution in [3.05, 3.63) is 76.5 Å². The van der Waals surface area contributed by atoms with E-state index in [1.165, 1.54) is 0 Å². The molecule has 26 heavy (non-hydrogen) atoms. The van der Waals surface area contributed by atoms with Crippen LogP contribution in [0.2, 0.25) is 0 Å². The van der Waals surface area contributed by atoms with Crippen LogP contribution in [0.1, 0.15) is 15.9 Å². The topological polar surface area (TPSA) is 67.4 Å². The molecule has 0 atom stereocenters. The summed E-state index contributed by atoms with van der Waals surface area (Å²) in [5, 5.41) is 9.54. The van der Waals surface area contributed by atoms with Gasteiger partial charge in [-0.1, -0.05) is 0 Å². The fourth-order valence-electron chi connectivity index (χ4n) is 2.37. The van der Waals surface area contributed by atoms with Crippen LogP contribution < -0.4 is 15.4 Å². The van der Waals surface area contributed by atoms with Crippen LogP contribution in [0, 0.1) is 0 Å². The van der Waals surface area contributed by atoms with E-state index in [0.717, 1.165) is 11.3 Å². The van der Waals surface area contributed by atoms with Gasteiger partial charge >= 0.3 is 0 Å². The highest BCUT2D eigenvalue weighted by molar-refractivity contribution is 7.08. The highest BCUT2D eigenvalue weighted by Gasteiger charge is 2.08. The first-order chi connectivity index (χ1) is 12.6. The van der Waals surface area contributed by atoms with Gasteiger partial charge < -0.3 is 15.4 Å². The zero-order chi connectivity index (χ0) is 18.4. The van der Waals surface area contributed by atoms with Gasteiger partial charge in [-0.05, 0) is 70.9 Å². The number of benzene rings is 2. The number of amides is 2. The van der Waals surface area contributed by atoms with E-state index in [1.807, 2.05) is 16.8 Å². The Morgan fingerprint density at radius 3 is 2.19 bits per heavy atom. The minimum Gasteiger partial charge on any atom is -0.497 e. The third-order valence-corrected chi connectivity index (χ3v) is 4.46. The quantitative estimate of drug-likeness (QED) is 0.687. The Kier molecular flexibility index (Phi) is 5.66. The molecule has 0 aliphatic rings. The second-order valence-electron chi connectivity index (χ2n) is 5.62. The summed E-state index contributed by atoms with van der Waals surface area (Å²) in [4.78, 5) is 24.3. The lowest BCUT2D eigenvalue weighted by Gasteiger charge is -2.08. The highest BCUT2D eigenvalue weighted by Crippen LogP contribution is 2.17. The third-order valence-electron chi connectivity index (χ3n) is 3.72. The molecule has 0 radical (unpaired) electrons. The maximum Gasteiger partial charge on any atom is 0.255 e. The standard InChI is InChI=1S/C20H18N2O3S/c1-25-18-8-6-17(7-9-18)22-20(24)15-2-4-16(5-3-15)21-19(23)12-14-10-11-26-13-14/h2-11,13H,12H2,1H3,(H,21,23)(H,22,24). The maximum absolute atomic E-state index is 12.3. The number of anilines is 2. The Morgan fingerprint density at radius 2 is 1.58 bits per heavy atom. The van der Waals surface area contributed by atoms with E-state index in [2.05, 4.69) is 10.6 Å². The summed E-state index contributed by atoms with van der Waals surface area (Å²) >= 11 is 1.56. The van der Waals surface area contributed by atoms with Gasteiger partial charge in [0.05, 0.1) is 13.5 Å². The van der Waals surface area contributed by atoms with Gasteiger partial charge in [-0.3, -0.25) is 9.59 Å².